The van der Waals surface area contributed by atoms with Gasteiger partial charge in [-0.3, -0.25) is 4.90 Å². The van der Waals surface area contributed by atoms with Gasteiger partial charge in [0.2, 0.25) is 0 Å². The van der Waals surface area contributed by atoms with Crippen LogP contribution in [0.3, 0.4) is 0 Å². The molecule has 0 radical (unpaired) electrons. The molecular weight excluding hydrogens is 398 g/mol. The number of piperazine rings is 1. The van der Waals surface area contributed by atoms with Crippen LogP contribution in [0, 0.1) is 0 Å². The van der Waals surface area contributed by atoms with Crippen molar-refractivity contribution >= 4 is 27.8 Å². The van der Waals surface area contributed by atoms with E-state index in [9.17, 15) is 0 Å². The van der Waals surface area contributed by atoms with Gasteiger partial charge in [0.15, 0.2) is 0 Å². The van der Waals surface area contributed by atoms with Crippen LogP contribution in [0.15, 0.2) is 67.4 Å². The van der Waals surface area contributed by atoms with Crippen LogP contribution in [0.5, 0.6) is 0 Å². The highest BCUT2D eigenvalue weighted by atomic mass is 15.4. The van der Waals surface area contributed by atoms with E-state index in [2.05, 4.69) is 66.1 Å². The van der Waals surface area contributed by atoms with Crippen molar-refractivity contribution in [2.75, 3.05) is 18.0 Å². The molecule has 7 heteroatoms. The third kappa shape index (κ3) is 2.81. The normalized spacial score (nSPS) is 20.7. The average molecular weight is 422 g/mol. The van der Waals surface area contributed by atoms with Crippen molar-refractivity contribution in [3.8, 4) is 11.3 Å². The molecule has 5 aromatic rings. The summed E-state index contributed by atoms with van der Waals surface area (Å²) in [5, 5.41) is 2.30. The van der Waals surface area contributed by atoms with Gasteiger partial charge in [-0.15, -0.1) is 0 Å². The number of benzene rings is 1. The van der Waals surface area contributed by atoms with Crippen LogP contribution >= 0.6 is 0 Å². The summed E-state index contributed by atoms with van der Waals surface area (Å²) in [4.78, 5) is 25.1. The Morgan fingerprint density at radius 1 is 0.906 bits per heavy atom. The third-order valence-electron chi connectivity index (χ3n) is 7.03. The first-order valence-corrected chi connectivity index (χ1v) is 11.1. The maximum absolute atomic E-state index is 4.79. The van der Waals surface area contributed by atoms with Gasteiger partial charge in [-0.25, -0.2) is 15.0 Å². The van der Waals surface area contributed by atoms with E-state index in [1.54, 1.807) is 6.33 Å². The largest absolute Gasteiger partial charge is 0.361 e. The number of H-pyrrole nitrogens is 2. The maximum Gasteiger partial charge on any atom is 0.141 e. The second kappa shape index (κ2) is 6.90. The Bertz CT molecular complexity index is 1410. The lowest BCUT2D eigenvalue weighted by Crippen LogP contribution is -2.68. The third-order valence-corrected chi connectivity index (χ3v) is 7.03. The minimum Gasteiger partial charge on any atom is -0.361 e. The minimum absolute atomic E-state index is 0.593. The topological polar surface area (TPSA) is 76.7 Å². The number of anilines is 1. The summed E-state index contributed by atoms with van der Waals surface area (Å²) < 4.78 is 0. The van der Waals surface area contributed by atoms with Crippen LogP contribution in [-0.2, 0) is 6.54 Å². The number of aromatic nitrogens is 5. The quantitative estimate of drug-likeness (QED) is 0.459. The van der Waals surface area contributed by atoms with Crippen LogP contribution in [0.25, 0.3) is 33.2 Å². The number of nitrogens with zero attached hydrogens (tertiary/aromatic N) is 5. The Kier molecular flexibility index (Phi) is 3.86. The summed E-state index contributed by atoms with van der Waals surface area (Å²) in [5.41, 5.74) is 5.39. The Morgan fingerprint density at radius 3 is 2.69 bits per heavy atom. The molecule has 2 atom stereocenters. The summed E-state index contributed by atoms with van der Waals surface area (Å²) in [6.45, 7) is 3.08. The van der Waals surface area contributed by atoms with Gasteiger partial charge < -0.3 is 14.9 Å². The van der Waals surface area contributed by atoms with E-state index >= 15 is 0 Å². The molecule has 3 aliphatic heterocycles. The van der Waals surface area contributed by atoms with Crippen molar-refractivity contribution in [2.24, 2.45) is 0 Å². The molecule has 3 saturated heterocycles. The molecule has 4 aromatic heterocycles. The lowest BCUT2D eigenvalue weighted by Gasteiger charge is -2.56. The molecule has 2 bridgehead atoms. The minimum atomic E-state index is 0.593. The molecule has 2 unspecified atom stereocenters. The molecule has 32 heavy (non-hydrogen) atoms. The maximum atomic E-state index is 4.79. The van der Waals surface area contributed by atoms with Crippen LogP contribution in [0.1, 0.15) is 12.0 Å². The van der Waals surface area contributed by atoms with E-state index in [1.165, 1.54) is 22.9 Å². The molecule has 3 aliphatic rings. The Morgan fingerprint density at radius 2 is 1.81 bits per heavy atom. The van der Waals surface area contributed by atoms with E-state index in [0.29, 0.717) is 12.1 Å². The molecule has 7 heterocycles. The standard InChI is InChI=1S/C25H23N7/c1-2-17-5-7-26-22(17)9-16(1)12-32-19-10-20(32)14-31(13-19)23-4-3-18(11-28-23)24-21-6-8-27-25(21)30-15-29-24/h1-9,11,15,19-20,26H,10,12-14H2,(H,27,29,30). The van der Waals surface area contributed by atoms with Gasteiger partial charge >= 0.3 is 0 Å². The lowest BCUT2D eigenvalue weighted by molar-refractivity contribution is -0.00865. The Balaban J connectivity index is 1.07. The highest BCUT2D eigenvalue weighted by Crippen LogP contribution is 2.36. The molecule has 7 nitrogen and oxygen atoms in total. The Hall–Kier alpha value is -3.71. The zero-order chi connectivity index (χ0) is 21.1. The second-order valence-electron chi connectivity index (χ2n) is 8.89. The van der Waals surface area contributed by atoms with Crippen molar-refractivity contribution in [1.29, 1.82) is 0 Å². The monoisotopic (exact) mass is 421 g/mol. The molecule has 2 N–H and O–H groups in total. The molecule has 0 saturated carbocycles. The molecule has 158 valence electrons. The SMILES string of the molecule is c1nc(-c2ccc(N3CC4CC(C3)N4Cc3ccc4cc[nH]c4c3)nc2)c2cc[nH]c2n1. The number of pyridine rings is 1. The first-order valence-electron chi connectivity index (χ1n) is 11.1. The molecule has 0 aliphatic carbocycles. The highest BCUT2D eigenvalue weighted by molar-refractivity contribution is 5.90. The van der Waals surface area contributed by atoms with E-state index in [4.69, 9.17) is 4.98 Å². The van der Waals surface area contributed by atoms with Crippen molar-refractivity contribution in [2.45, 2.75) is 25.0 Å². The van der Waals surface area contributed by atoms with Crippen molar-refractivity contribution in [3.63, 3.8) is 0 Å². The van der Waals surface area contributed by atoms with Crippen LogP contribution < -0.4 is 4.90 Å². The van der Waals surface area contributed by atoms with Gasteiger partial charge in [-0.2, -0.15) is 0 Å². The smallest absolute Gasteiger partial charge is 0.141 e. The van der Waals surface area contributed by atoms with Crippen molar-refractivity contribution < 1.29 is 0 Å². The highest BCUT2D eigenvalue weighted by Gasteiger charge is 2.44. The van der Waals surface area contributed by atoms with Crippen molar-refractivity contribution in [3.05, 3.63) is 72.9 Å². The van der Waals surface area contributed by atoms with E-state index in [-0.39, 0.29) is 0 Å². The van der Waals surface area contributed by atoms with Gasteiger partial charge in [0.05, 0.1) is 5.69 Å². The summed E-state index contributed by atoms with van der Waals surface area (Å²) in [6.07, 6.45) is 8.73. The van der Waals surface area contributed by atoms with Crippen molar-refractivity contribution in [1.82, 2.24) is 29.8 Å². The predicted molar refractivity (Wildman–Crippen MR) is 125 cm³/mol. The van der Waals surface area contributed by atoms with Gasteiger partial charge in [0.25, 0.3) is 0 Å². The number of fused-ring (bicyclic) bond motifs is 4. The number of nitrogens with one attached hydrogen (secondary N) is 2. The summed E-state index contributed by atoms with van der Waals surface area (Å²) >= 11 is 0. The number of hydrogen-bond acceptors (Lipinski definition) is 5. The fourth-order valence-electron chi connectivity index (χ4n) is 5.35. The molecule has 0 amide bonds. The summed E-state index contributed by atoms with van der Waals surface area (Å²) in [6, 6.07) is 16.3. The molecule has 8 rings (SSSR count). The van der Waals surface area contributed by atoms with Gasteiger partial charge in [0.1, 0.15) is 17.8 Å². The average Bonchev–Trinajstić information content (AvgIpc) is 3.51. The second-order valence-corrected chi connectivity index (χ2v) is 8.89. The first-order chi connectivity index (χ1) is 15.8. The molecule has 0 spiro atoms. The first kappa shape index (κ1) is 17.9. The van der Waals surface area contributed by atoms with Gasteiger partial charge in [-0.05, 0) is 47.7 Å². The number of piperidine rings is 1. The number of rotatable bonds is 4. The van der Waals surface area contributed by atoms with E-state index < -0.39 is 0 Å². The molecular formula is C25H23N7. The Labute approximate surface area is 185 Å². The predicted octanol–water partition coefficient (Wildman–Crippen LogP) is 3.96. The zero-order valence-electron chi connectivity index (χ0n) is 17.6. The fraction of sp³-hybridized carbons (Fsp3) is 0.240. The number of aromatic amines is 2. The van der Waals surface area contributed by atoms with E-state index in [1.807, 2.05) is 24.7 Å². The van der Waals surface area contributed by atoms with Gasteiger partial charge in [0, 0.05) is 66.8 Å². The fourth-order valence-corrected chi connectivity index (χ4v) is 5.35. The van der Waals surface area contributed by atoms with Crippen LogP contribution in [0.4, 0.5) is 5.82 Å². The number of hydrogen-bond donors (Lipinski definition) is 2. The van der Waals surface area contributed by atoms with Gasteiger partial charge in [-0.1, -0.05) is 12.1 Å². The van der Waals surface area contributed by atoms with Crippen LogP contribution in [0.2, 0.25) is 0 Å². The van der Waals surface area contributed by atoms with Crippen LogP contribution in [-0.4, -0.2) is 55.0 Å². The molecule has 3 fully saturated rings. The summed E-state index contributed by atoms with van der Waals surface area (Å²) in [5.74, 6) is 1.05. The van der Waals surface area contributed by atoms with E-state index in [0.717, 1.165) is 47.7 Å². The molecule has 1 aromatic carbocycles. The zero-order valence-corrected chi connectivity index (χ0v) is 17.6. The summed E-state index contributed by atoms with van der Waals surface area (Å²) in [7, 11) is 0. The lowest BCUT2D eigenvalue weighted by atomic mass is 9.86.